The Morgan fingerprint density at radius 1 is 1.24 bits per heavy atom. The van der Waals surface area contributed by atoms with E-state index in [9.17, 15) is 4.79 Å². The van der Waals surface area contributed by atoms with E-state index in [-0.39, 0.29) is 5.91 Å². The summed E-state index contributed by atoms with van der Waals surface area (Å²) in [6.45, 7) is 1.97. The van der Waals surface area contributed by atoms with Crippen LogP contribution in [0, 0.1) is 6.92 Å². The molecule has 0 fully saturated rings. The van der Waals surface area contributed by atoms with Gasteiger partial charge in [-0.05, 0) is 18.6 Å². The van der Waals surface area contributed by atoms with Crippen molar-refractivity contribution in [3.05, 3.63) is 48.2 Å². The number of carbonyl (C=O) groups excluding carboxylic acids is 1. The predicted octanol–water partition coefficient (Wildman–Crippen LogP) is 1.83. The smallest absolute Gasteiger partial charge is 0.255 e. The quantitative estimate of drug-likeness (QED) is 0.719. The van der Waals surface area contributed by atoms with Gasteiger partial charge in [-0.1, -0.05) is 12.1 Å². The Labute approximate surface area is 122 Å². The number of rotatable bonds is 2. The van der Waals surface area contributed by atoms with Gasteiger partial charge in [0.05, 0.1) is 17.4 Å². The maximum absolute atomic E-state index is 12.4. The molecule has 3 aromatic rings. The van der Waals surface area contributed by atoms with E-state index in [0.29, 0.717) is 16.7 Å². The molecule has 0 radical (unpaired) electrons. The molecular formula is C15H15N5O. The van der Waals surface area contributed by atoms with E-state index in [2.05, 4.69) is 15.0 Å². The van der Waals surface area contributed by atoms with Crippen molar-refractivity contribution in [3.8, 4) is 5.69 Å². The van der Waals surface area contributed by atoms with Crippen LogP contribution in [0.3, 0.4) is 0 Å². The molecule has 0 saturated carbocycles. The number of amides is 1. The molecule has 0 aliphatic carbocycles. The second kappa shape index (κ2) is 4.97. The molecule has 21 heavy (non-hydrogen) atoms. The summed E-state index contributed by atoms with van der Waals surface area (Å²) in [5.41, 5.74) is 3.80. The number of para-hydroxylation sites is 1. The molecule has 0 N–H and O–H groups in total. The van der Waals surface area contributed by atoms with Crippen LogP contribution in [0.15, 0.2) is 37.1 Å². The van der Waals surface area contributed by atoms with E-state index in [1.165, 1.54) is 6.33 Å². The maximum atomic E-state index is 12.4. The van der Waals surface area contributed by atoms with Crippen molar-refractivity contribution in [1.82, 2.24) is 24.4 Å². The monoisotopic (exact) mass is 281 g/mol. The zero-order valence-electron chi connectivity index (χ0n) is 12.1. The molecule has 2 heterocycles. The first kappa shape index (κ1) is 13.2. The highest BCUT2D eigenvalue weighted by atomic mass is 16.2. The van der Waals surface area contributed by atoms with Crippen molar-refractivity contribution in [2.75, 3.05) is 14.1 Å². The molecule has 6 heteroatoms. The summed E-state index contributed by atoms with van der Waals surface area (Å²) in [6, 6.07) is 5.66. The molecule has 0 aliphatic heterocycles. The normalized spacial score (nSPS) is 10.8. The van der Waals surface area contributed by atoms with Crippen molar-refractivity contribution in [2.45, 2.75) is 6.92 Å². The summed E-state index contributed by atoms with van der Waals surface area (Å²) in [7, 11) is 3.48. The summed E-state index contributed by atoms with van der Waals surface area (Å²) < 4.78 is 1.84. The first-order valence-corrected chi connectivity index (χ1v) is 6.54. The molecule has 0 atom stereocenters. The molecule has 1 amide bonds. The summed E-state index contributed by atoms with van der Waals surface area (Å²) >= 11 is 0. The first-order valence-electron chi connectivity index (χ1n) is 6.54. The van der Waals surface area contributed by atoms with Crippen molar-refractivity contribution in [1.29, 1.82) is 0 Å². The molecule has 2 aromatic heterocycles. The van der Waals surface area contributed by atoms with E-state index in [0.717, 1.165) is 11.3 Å². The Bertz CT molecular complexity index is 822. The minimum atomic E-state index is -0.0513. The highest BCUT2D eigenvalue weighted by molar-refractivity contribution is 5.98. The van der Waals surface area contributed by atoms with Crippen LogP contribution < -0.4 is 0 Å². The molecule has 0 spiro atoms. The third-order valence-electron chi connectivity index (χ3n) is 3.33. The number of hydrogen-bond donors (Lipinski definition) is 0. The predicted molar refractivity (Wildman–Crippen MR) is 79.4 cm³/mol. The largest absolute Gasteiger partial charge is 0.345 e. The van der Waals surface area contributed by atoms with E-state index < -0.39 is 0 Å². The minimum absolute atomic E-state index is 0.0513. The van der Waals surface area contributed by atoms with Crippen LogP contribution in [0.4, 0.5) is 0 Å². The van der Waals surface area contributed by atoms with Crippen LogP contribution in [0.5, 0.6) is 0 Å². The number of fused-ring (bicyclic) bond motifs is 1. The van der Waals surface area contributed by atoms with Gasteiger partial charge < -0.3 is 4.90 Å². The lowest BCUT2D eigenvalue weighted by molar-refractivity contribution is 0.0827. The fraction of sp³-hybridized carbons (Fsp3) is 0.200. The lowest BCUT2D eigenvalue weighted by Gasteiger charge is -2.16. The van der Waals surface area contributed by atoms with Gasteiger partial charge in [-0.3, -0.25) is 9.36 Å². The highest BCUT2D eigenvalue weighted by Crippen LogP contribution is 2.23. The topological polar surface area (TPSA) is 63.9 Å². The Hall–Kier alpha value is -2.76. The Kier molecular flexibility index (Phi) is 3.13. The maximum Gasteiger partial charge on any atom is 0.255 e. The number of carbonyl (C=O) groups is 1. The number of benzene rings is 1. The van der Waals surface area contributed by atoms with Gasteiger partial charge in [0, 0.05) is 14.1 Å². The Morgan fingerprint density at radius 2 is 2.05 bits per heavy atom. The van der Waals surface area contributed by atoms with Crippen molar-refractivity contribution in [2.24, 2.45) is 0 Å². The molecule has 0 aliphatic rings. The fourth-order valence-electron chi connectivity index (χ4n) is 2.32. The van der Waals surface area contributed by atoms with E-state index >= 15 is 0 Å². The van der Waals surface area contributed by atoms with Gasteiger partial charge >= 0.3 is 0 Å². The van der Waals surface area contributed by atoms with Gasteiger partial charge in [0.2, 0.25) is 0 Å². The van der Waals surface area contributed by atoms with Crippen LogP contribution in [-0.4, -0.2) is 44.4 Å². The highest BCUT2D eigenvalue weighted by Gasteiger charge is 2.18. The van der Waals surface area contributed by atoms with Gasteiger partial charge in [0.15, 0.2) is 5.65 Å². The third kappa shape index (κ3) is 2.14. The van der Waals surface area contributed by atoms with E-state index in [1.54, 1.807) is 31.5 Å². The fourth-order valence-corrected chi connectivity index (χ4v) is 2.32. The molecule has 106 valence electrons. The van der Waals surface area contributed by atoms with Crippen molar-refractivity contribution < 1.29 is 4.79 Å². The summed E-state index contributed by atoms with van der Waals surface area (Å²) in [5.74, 6) is -0.0513. The van der Waals surface area contributed by atoms with E-state index in [4.69, 9.17) is 0 Å². The molecule has 3 rings (SSSR count). The SMILES string of the molecule is Cc1cccc(C(=O)N(C)C)c1-n1cnc2cncnc21. The molecule has 1 aromatic carbocycles. The van der Waals surface area contributed by atoms with Crippen molar-refractivity contribution in [3.63, 3.8) is 0 Å². The number of aromatic nitrogens is 4. The zero-order chi connectivity index (χ0) is 15.0. The first-order chi connectivity index (χ1) is 10.1. The molecule has 0 bridgehead atoms. The Morgan fingerprint density at radius 3 is 2.81 bits per heavy atom. The minimum Gasteiger partial charge on any atom is -0.345 e. The lowest BCUT2D eigenvalue weighted by Crippen LogP contribution is -2.23. The van der Waals surface area contributed by atoms with Crippen molar-refractivity contribution >= 4 is 17.1 Å². The van der Waals surface area contributed by atoms with Gasteiger partial charge in [-0.25, -0.2) is 15.0 Å². The van der Waals surface area contributed by atoms with Crippen LogP contribution in [-0.2, 0) is 0 Å². The number of hydrogen-bond acceptors (Lipinski definition) is 4. The standard InChI is InChI=1S/C15H15N5O/c1-10-5-4-6-11(15(21)19(2)3)13(10)20-9-18-12-7-16-8-17-14(12)20/h4-9H,1-3H3. The van der Waals surface area contributed by atoms with Gasteiger partial charge in [0.25, 0.3) is 5.91 Å². The van der Waals surface area contributed by atoms with E-state index in [1.807, 2.05) is 29.7 Å². The average Bonchev–Trinajstić information content (AvgIpc) is 2.90. The number of aryl methyl sites for hydroxylation is 1. The summed E-state index contributed by atoms with van der Waals surface area (Å²) in [6.07, 6.45) is 4.81. The Balaban J connectivity index is 2.29. The number of nitrogens with zero attached hydrogens (tertiary/aromatic N) is 5. The van der Waals surface area contributed by atoms with Gasteiger partial charge in [0.1, 0.15) is 18.2 Å². The second-order valence-corrected chi connectivity index (χ2v) is 5.02. The molecular weight excluding hydrogens is 266 g/mol. The van der Waals surface area contributed by atoms with Crippen LogP contribution in [0.2, 0.25) is 0 Å². The van der Waals surface area contributed by atoms with Gasteiger partial charge in [-0.15, -0.1) is 0 Å². The third-order valence-corrected chi connectivity index (χ3v) is 3.33. The van der Waals surface area contributed by atoms with Gasteiger partial charge in [-0.2, -0.15) is 0 Å². The molecule has 0 unspecified atom stereocenters. The van der Waals surface area contributed by atoms with Crippen LogP contribution >= 0.6 is 0 Å². The van der Waals surface area contributed by atoms with Crippen LogP contribution in [0.1, 0.15) is 15.9 Å². The molecule has 0 saturated heterocycles. The zero-order valence-corrected chi connectivity index (χ0v) is 12.1. The average molecular weight is 281 g/mol. The molecule has 6 nitrogen and oxygen atoms in total. The number of imidazole rings is 1. The lowest BCUT2D eigenvalue weighted by atomic mass is 10.1. The second-order valence-electron chi connectivity index (χ2n) is 5.02. The van der Waals surface area contributed by atoms with Crippen LogP contribution in [0.25, 0.3) is 16.9 Å². The summed E-state index contributed by atoms with van der Waals surface area (Å²) in [4.78, 5) is 26.5. The summed E-state index contributed by atoms with van der Waals surface area (Å²) in [5, 5.41) is 0.